The molecule has 0 spiro atoms. The standard InChI is InChI=1S/C13H15BrClNO3S/c1-13(2)6-3-7-16(13)12(17)9-4-5-10(14)11(8-9)20(15,18)19/h4-5,8H,3,6-7H2,1-2H3. The van der Waals surface area contributed by atoms with E-state index < -0.39 is 9.05 Å². The summed E-state index contributed by atoms with van der Waals surface area (Å²) in [5.41, 5.74) is 0.131. The fourth-order valence-electron chi connectivity index (χ4n) is 2.46. The number of benzene rings is 1. The van der Waals surface area contributed by atoms with Crippen LogP contribution in [0.4, 0.5) is 0 Å². The third-order valence-electron chi connectivity index (χ3n) is 3.59. The van der Waals surface area contributed by atoms with Crippen LogP contribution in [0.5, 0.6) is 0 Å². The highest BCUT2D eigenvalue weighted by Crippen LogP contribution is 2.31. The lowest BCUT2D eigenvalue weighted by molar-refractivity contribution is 0.0651. The van der Waals surface area contributed by atoms with E-state index in [0.29, 0.717) is 16.6 Å². The first-order chi connectivity index (χ1) is 9.13. The Bertz CT molecular complexity index is 658. The van der Waals surface area contributed by atoms with E-state index in [9.17, 15) is 13.2 Å². The Labute approximate surface area is 131 Å². The van der Waals surface area contributed by atoms with Gasteiger partial charge in [-0.25, -0.2) is 8.42 Å². The van der Waals surface area contributed by atoms with Crippen LogP contribution >= 0.6 is 26.6 Å². The van der Waals surface area contributed by atoms with Gasteiger partial charge in [-0.3, -0.25) is 4.79 Å². The first-order valence-corrected chi connectivity index (χ1v) is 9.29. The molecule has 1 saturated heterocycles. The quantitative estimate of drug-likeness (QED) is 0.739. The summed E-state index contributed by atoms with van der Waals surface area (Å²) >= 11 is 3.13. The van der Waals surface area contributed by atoms with Crippen molar-refractivity contribution in [1.82, 2.24) is 4.90 Å². The average Bonchev–Trinajstić information content (AvgIpc) is 2.67. The molecule has 20 heavy (non-hydrogen) atoms. The Balaban J connectivity index is 2.42. The SMILES string of the molecule is CC1(C)CCCN1C(=O)c1ccc(Br)c(S(=O)(=O)Cl)c1. The third kappa shape index (κ3) is 3.02. The smallest absolute Gasteiger partial charge is 0.262 e. The molecule has 0 aliphatic carbocycles. The number of carbonyl (C=O) groups excluding carboxylic acids is 1. The Morgan fingerprint density at radius 3 is 2.55 bits per heavy atom. The number of nitrogens with zero attached hydrogens (tertiary/aromatic N) is 1. The van der Waals surface area contributed by atoms with Crippen molar-refractivity contribution in [3.63, 3.8) is 0 Å². The van der Waals surface area contributed by atoms with Crippen molar-refractivity contribution in [2.75, 3.05) is 6.54 Å². The summed E-state index contributed by atoms with van der Waals surface area (Å²) in [6, 6.07) is 4.46. The second-order valence-electron chi connectivity index (χ2n) is 5.46. The van der Waals surface area contributed by atoms with E-state index in [0.717, 1.165) is 12.8 Å². The van der Waals surface area contributed by atoms with Crippen molar-refractivity contribution in [2.24, 2.45) is 0 Å². The van der Waals surface area contributed by atoms with Gasteiger partial charge < -0.3 is 4.90 Å². The van der Waals surface area contributed by atoms with Gasteiger partial charge in [0.15, 0.2) is 0 Å². The predicted molar refractivity (Wildman–Crippen MR) is 81.5 cm³/mol. The van der Waals surface area contributed by atoms with Gasteiger partial charge in [0, 0.05) is 32.8 Å². The van der Waals surface area contributed by atoms with Crippen molar-refractivity contribution < 1.29 is 13.2 Å². The highest BCUT2D eigenvalue weighted by atomic mass is 79.9. The lowest BCUT2D eigenvalue weighted by atomic mass is 10.0. The number of amides is 1. The molecule has 7 heteroatoms. The summed E-state index contributed by atoms with van der Waals surface area (Å²) in [6.07, 6.45) is 1.89. The maximum absolute atomic E-state index is 12.5. The van der Waals surface area contributed by atoms with Crippen molar-refractivity contribution in [3.05, 3.63) is 28.2 Å². The summed E-state index contributed by atoms with van der Waals surface area (Å²) < 4.78 is 23.3. The summed E-state index contributed by atoms with van der Waals surface area (Å²) in [7, 11) is 1.49. The molecule has 2 rings (SSSR count). The molecule has 1 fully saturated rings. The van der Waals surface area contributed by atoms with Crippen LogP contribution in [0.3, 0.4) is 0 Å². The number of hydrogen-bond donors (Lipinski definition) is 0. The van der Waals surface area contributed by atoms with E-state index >= 15 is 0 Å². The van der Waals surface area contributed by atoms with Gasteiger partial charge in [-0.15, -0.1) is 0 Å². The molecule has 0 aromatic heterocycles. The van der Waals surface area contributed by atoms with Crippen LogP contribution < -0.4 is 0 Å². The van der Waals surface area contributed by atoms with Gasteiger partial charge in [0.2, 0.25) is 0 Å². The molecule has 1 aromatic carbocycles. The first kappa shape index (κ1) is 15.8. The van der Waals surface area contributed by atoms with Crippen molar-refractivity contribution in [1.29, 1.82) is 0 Å². The van der Waals surface area contributed by atoms with Gasteiger partial charge in [0.05, 0.1) is 4.90 Å². The minimum absolute atomic E-state index is 0.0815. The minimum atomic E-state index is -3.89. The molecule has 1 amide bonds. The Hall–Kier alpha value is -0.590. The topological polar surface area (TPSA) is 54.5 Å². The normalized spacial score (nSPS) is 18.3. The van der Waals surface area contributed by atoms with E-state index in [1.54, 1.807) is 11.0 Å². The fraction of sp³-hybridized carbons (Fsp3) is 0.462. The zero-order chi connectivity index (χ0) is 15.1. The second-order valence-corrected chi connectivity index (χ2v) is 8.84. The Morgan fingerprint density at radius 1 is 1.40 bits per heavy atom. The van der Waals surface area contributed by atoms with Gasteiger partial charge in [0.1, 0.15) is 0 Å². The van der Waals surface area contributed by atoms with E-state index in [-0.39, 0.29) is 16.3 Å². The maximum atomic E-state index is 12.5. The summed E-state index contributed by atoms with van der Waals surface area (Å²) in [4.78, 5) is 14.2. The number of rotatable bonds is 2. The molecule has 110 valence electrons. The largest absolute Gasteiger partial charge is 0.334 e. The van der Waals surface area contributed by atoms with Crippen LogP contribution in [-0.2, 0) is 9.05 Å². The number of likely N-dealkylation sites (tertiary alicyclic amines) is 1. The van der Waals surface area contributed by atoms with Crippen LogP contribution in [0.1, 0.15) is 37.0 Å². The van der Waals surface area contributed by atoms with Crippen LogP contribution in [0.25, 0.3) is 0 Å². The molecule has 0 radical (unpaired) electrons. The molecule has 0 bridgehead atoms. The molecule has 0 N–H and O–H groups in total. The van der Waals surface area contributed by atoms with Gasteiger partial charge in [-0.1, -0.05) is 0 Å². The summed E-state index contributed by atoms with van der Waals surface area (Å²) in [5.74, 6) is -0.165. The van der Waals surface area contributed by atoms with Crippen molar-refractivity contribution >= 4 is 41.6 Å². The van der Waals surface area contributed by atoms with Crippen LogP contribution in [0.15, 0.2) is 27.6 Å². The minimum Gasteiger partial charge on any atom is -0.334 e. The van der Waals surface area contributed by atoms with Crippen molar-refractivity contribution in [3.8, 4) is 0 Å². The average molecular weight is 381 g/mol. The maximum Gasteiger partial charge on any atom is 0.262 e. The molecular formula is C13H15BrClNO3S. The van der Waals surface area contributed by atoms with Crippen LogP contribution in [0.2, 0.25) is 0 Å². The number of hydrogen-bond acceptors (Lipinski definition) is 3. The zero-order valence-corrected chi connectivity index (χ0v) is 14.3. The van der Waals surface area contributed by atoms with Gasteiger partial charge in [-0.2, -0.15) is 0 Å². The predicted octanol–water partition coefficient (Wildman–Crippen LogP) is 3.39. The first-order valence-electron chi connectivity index (χ1n) is 6.19. The Morgan fingerprint density at radius 2 is 2.05 bits per heavy atom. The van der Waals surface area contributed by atoms with E-state index in [1.165, 1.54) is 12.1 Å². The Kier molecular flexibility index (Phi) is 4.19. The number of halogens is 2. The van der Waals surface area contributed by atoms with E-state index in [2.05, 4.69) is 15.9 Å². The molecule has 1 aliphatic rings. The molecule has 0 saturated carbocycles. The fourth-order valence-corrected chi connectivity index (χ4v) is 4.58. The molecule has 4 nitrogen and oxygen atoms in total. The molecule has 1 aromatic rings. The highest BCUT2D eigenvalue weighted by molar-refractivity contribution is 9.10. The summed E-state index contributed by atoms with van der Waals surface area (Å²) in [6.45, 7) is 4.71. The van der Waals surface area contributed by atoms with Gasteiger partial charge in [-0.05, 0) is 60.8 Å². The van der Waals surface area contributed by atoms with Gasteiger partial charge in [0.25, 0.3) is 15.0 Å². The van der Waals surface area contributed by atoms with Gasteiger partial charge >= 0.3 is 0 Å². The number of carbonyl (C=O) groups is 1. The lowest BCUT2D eigenvalue weighted by Gasteiger charge is -2.31. The molecule has 1 heterocycles. The lowest BCUT2D eigenvalue weighted by Crippen LogP contribution is -2.42. The molecular weight excluding hydrogens is 366 g/mol. The van der Waals surface area contributed by atoms with Crippen molar-refractivity contribution in [2.45, 2.75) is 37.1 Å². The molecule has 1 aliphatic heterocycles. The summed E-state index contributed by atoms with van der Waals surface area (Å²) in [5, 5.41) is 0. The van der Waals surface area contributed by atoms with E-state index in [1.807, 2.05) is 13.8 Å². The van der Waals surface area contributed by atoms with E-state index in [4.69, 9.17) is 10.7 Å². The monoisotopic (exact) mass is 379 g/mol. The second kappa shape index (κ2) is 5.31. The molecule has 0 unspecified atom stereocenters. The molecule has 0 atom stereocenters. The van der Waals surface area contributed by atoms with Crippen LogP contribution in [-0.4, -0.2) is 31.3 Å². The highest BCUT2D eigenvalue weighted by Gasteiger charge is 2.36. The zero-order valence-electron chi connectivity index (χ0n) is 11.2. The van der Waals surface area contributed by atoms with Crippen LogP contribution in [0, 0.1) is 0 Å². The third-order valence-corrected chi connectivity index (χ3v) is 5.90.